The van der Waals surface area contributed by atoms with E-state index in [4.69, 9.17) is 13.9 Å². The fourth-order valence-corrected chi connectivity index (χ4v) is 2.86. The number of hydrogen-bond donors (Lipinski definition) is 0. The van der Waals surface area contributed by atoms with Crippen LogP contribution in [-0.4, -0.2) is 18.5 Å². The first-order valence-electron chi connectivity index (χ1n) is 9.11. The molecule has 0 amide bonds. The van der Waals surface area contributed by atoms with Crippen LogP contribution < -0.4 is 10.4 Å². The third-order valence-electron chi connectivity index (χ3n) is 4.27. The number of fused-ring (bicyclic) bond motifs is 1. The topological polar surface area (TPSA) is 82.8 Å². The van der Waals surface area contributed by atoms with E-state index >= 15 is 0 Å². The molecule has 0 aliphatic carbocycles. The molecule has 2 aromatic carbocycles. The summed E-state index contributed by atoms with van der Waals surface area (Å²) in [6.45, 7) is 5.08. The van der Waals surface area contributed by atoms with E-state index < -0.39 is 11.6 Å². The van der Waals surface area contributed by atoms with Crippen molar-refractivity contribution in [1.29, 1.82) is 0 Å². The Labute approximate surface area is 167 Å². The molecule has 0 unspecified atom stereocenters. The van der Waals surface area contributed by atoms with E-state index in [0.717, 1.165) is 17.0 Å². The Morgan fingerprint density at radius 2 is 1.86 bits per heavy atom. The molecule has 148 valence electrons. The third kappa shape index (κ3) is 5.19. The van der Waals surface area contributed by atoms with E-state index in [2.05, 4.69) is 6.58 Å². The molecular weight excluding hydrogens is 372 g/mol. The summed E-state index contributed by atoms with van der Waals surface area (Å²) in [6, 6.07) is 14.0. The Hall–Kier alpha value is -3.67. The third-order valence-corrected chi connectivity index (χ3v) is 4.27. The van der Waals surface area contributed by atoms with E-state index in [1.54, 1.807) is 30.3 Å². The molecule has 0 radical (unpaired) electrons. The maximum atomic E-state index is 12.5. The second-order valence-corrected chi connectivity index (χ2v) is 6.41. The molecule has 0 atom stereocenters. The van der Waals surface area contributed by atoms with Gasteiger partial charge >= 0.3 is 17.6 Å². The van der Waals surface area contributed by atoms with Crippen LogP contribution in [0.4, 0.5) is 0 Å². The molecule has 0 aliphatic rings. The number of rotatable bonds is 7. The molecule has 0 saturated carbocycles. The van der Waals surface area contributed by atoms with Gasteiger partial charge in [-0.1, -0.05) is 30.8 Å². The maximum absolute atomic E-state index is 12.5. The van der Waals surface area contributed by atoms with Gasteiger partial charge in [-0.15, -0.1) is 0 Å². The predicted molar refractivity (Wildman–Crippen MR) is 109 cm³/mol. The molecule has 0 spiro atoms. The van der Waals surface area contributed by atoms with Crippen LogP contribution in [-0.2, 0) is 20.7 Å². The largest absolute Gasteiger partial charge is 0.466 e. The Balaban J connectivity index is 1.80. The molecule has 3 rings (SSSR count). The molecule has 3 aromatic rings. The Bertz CT molecular complexity index is 1110. The van der Waals surface area contributed by atoms with Crippen molar-refractivity contribution < 1.29 is 23.5 Å². The highest BCUT2D eigenvalue weighted by molar-refractivity contribution is 5.84. The summed E-state index contributed by atoms with van der Waals surface area (Å²) in [7, 11) is 0. The lowest BCUT2D eigenvalue weighted by Crippen LogP contribution is -2.04. The number of aryl methyl sites for hydroxylation is 1. The minimum atomic E-state index is -0.549. The van der Waals surface area contributed by atoms with Crippen LogP contribution in [0.15, 0.2) is 70.4 Å². The Morgan fingerprint density at radius 3 is 2.55 bits per heavy atom. The van der Waals surface area contributed by atoms with E-state index in [1.807, 2.05) is 18.2 Å². The van der Waals surface area contributed by atoms with Crippen LogP contribution in [0.3, 0.4) is 0 Å². The molecule has 29 heavy (non-hydrogen) atoms. The highest BCUT2D eigenvalue weighted by Gasteiger charge is 2.09. The van der Waals surface area contributed by atoms with Gasteiger partial charge in [-0.05, 0) is 48.2 Å². The maximum Gasteiger partial charge on any atom is 0.344 e. The van der Waals surface area contributed by atoms with Crippen molar-refractivity contribution in [3.05, 3.63) is 77.2 Å². The monoisotopic (exact) mass is 392 g/mol. The summed E-state index contributed by atoms with van der Waals surface area (Å²) in [5.74, 6) is -0.484. The van der Waals surface area contributed by atoms with Gasteiger partial charge in [0.15, 0.2) is 0 Å². The number of hydrogen-bond acceptors (Lipinski definition) is 6. The zero-order valence-electron chi connectivity index (χ0n) is 16.0. The first kappa shape index (κ1) is 20.1. The van der Waals surface area contributed by atoms with Crippen molar-refractivity contribution in [2.24, 2.45) is 0 Å². The van der Waals surface area contributed by atoms with Gasteiger partial charge in [0.05, 0.1) is 12.2 Å². The second kappa shape index (κ2) is 9.01. The van der Waals surface area contributed by atoms with Crippen molar-refractivity contribution >= 4 is 22.9 Å². The van der Waals surface area contributed by atoms with Gasteiger partial charge in [0.1, 0.15) is 11.3 Å². The second-order valence-electron chi connectivity index (χ2n) is 6.41. The van der Waals surface area contributed by atoms with Crippen LogP contribution in [0.2, 0.25) is 0 Å². The zero-order valence-corrected chi connectivity index (χ0v) is 16.0. The fourth-order valence-electron chi connectivity index (χ4n) is 2.86. The van der Waals surface area contributed by atoms with Gasteiger partial charge in [-0.2, -0.15) is 0 Å². The predicted octanol–water partition coefficient (Wildman–Crippen LogP) is 4.05. The SMILES string of the molecule is C=CC(=O)Oc1ccc(-c2cc3ccc(CCCOC(C)=O)cc3oc2=O)cc1. The van der Waals surface area contributed by atoms with Gasteiger partial charge < -0.3 is 13.9 Å². The smallest absolute Gasteiger partial charge is 0.344 e. The Kier molecular flexibility index (Phi) is 6.24. The van der Waals surface area contributed by atoms with Gasteiger partial charge in [0.25, 0.3) is 0 Å². The van der Waals surface area contributed by atoms with Gasteiger partial charge in [-0.25, -0.2) is 9.59 Å². The number of benzene rings is 2. The molecule has 0 bridgehead atoms. The summed E-state index contributed by atoms with van der Waals surface area (Å²) < 4.78 is 15.5. The molecule has 1 aromatic heterocycles. The summed E-state index contributed by atoms with van der Waals surface area (Å²) in [5.41, 5.74) is 2.12. The average Bonchev–Trinajstić information content (AvgIpc) is 2.71. The lowest BCUT2D eigenvalue weighted by atomic mass is 10.0. The van der Waals surface area contributed by atoms with E-state index in [1.165, 1.54) is 6.92 Å². The summed E-state index contributed by atoms with van der Waals surface area (Å²) in [6.07, 6.45) is 2.48. The highest BCUT2D eigenvalue weighted by atomic mass is 16.5. The first-order valence-corrected chi connectivity index (χ1v) is 9.11. The minimum Gasteiger partial charge on any atom is -0.466 e. The zero-order chi connectivity index (χ0) is 20.8. The fraction of sp³-hybridized carbons (Fsp3) is 0.174. The molecular formula is C23H20O6. The van der Waals surface area contributed by atoms with Crippen molar-refractivity contribution in [3.8, 4) is 16.9 Å². The van der Waals surface area contributed by atoms with E-state index in [9.17, 15) is 14.4 Å². The lowest BCUT2D eigenvalue weighted by molar-refractivity contribution is -0.141. The van der Waals surface area contributed by atoms with Crippen molar-refractivity contribution in [3.63, 3.8) is 0 Å². The van der Waals surface area contributed by atoms with Gasteiger partial charge in [-0.3, -0.25) is 4.79 Å². The van der Waals surface area contributed by atoms with Gasteiger partial charge in [0.2, 0.25) is 0 Å². The van der Waals surface area contributed by atoms with Crippen LogP contribution in [0.5, 0.6) is 5.75 Å². The first-order chi connectivity index (χ1) is 14.0. The van der Waals surface area contributed by atoms with Crippen LogP contribution in [0, 0.1) is 0 Å². The van der Waals surface area contributed by atoms with E-state index in [-0.39, 0.29) is 5.97 Å². The normalized spacial score (nSPS) is 10.5. The van der Waals surface area contributed by atoms with Crippen LogP contribution >= 0.6 is 0 Å². The molecule has 6 heteroatoms. The summed E-state index contributed by atoms with van der Waals surface area (Å²) in [5, 5.41) is 0.797. The van der Waals surface area contributed by atoms with Crippen molar-refractivity contribution in [2.75, 3.05) is 6.61 Å². The minimum absolute atomic E-state index is 0.297. The van der Waals surface area contributed by atoms with E-state index in [0.29, 0.717) is 41.9 Å². The molecule has 0 N–H and O–H groups in total. The standard InChI is InChI=1S/C23H20O6/c1-3-22(25)28-19-10-8-17(9-11-19)20-14-18-7-6-16(5-4-12-27-15(2)24)13-21(18)29-23(20)26/h3,6-11,13-14H,1,4-5,12H2,2H3. The van der Waals surface area contributed by atoms with Gasteiger partial charge in [0, 0.05) is 18.4 Å². The quantitative estimate of drug-likeness (QED) is 0.198. The summed E-state index contributed by atoms with van der Waals surface area (Å²) >= 11 is 0. The summed E-state index contributed by atoms with van der Waals surface area (Å²) in [4.78, 5) is 34.5. The number of esters is 2. The molecule has 0 aliphatic heterocycles. The van der Waals surface area contributed by atoms with Crippen molar-refractivity contribution in [1.82, 2.24) is 0 Å². The molecule has 0 saturated heterocycles. The van der Waals surface area contributed by atoms with Crippen molar-refractivity contribution in [2.45, 2.75) is 19.8 Å². The Morgan fingerprint density at radius 1 is 1.10 bits per heavy atom. The number of ether oxygens (including phenoxy) is 2. The lowest BCUT2D eigenvalue weighted by Gasteiger charge is -2.06. The average molecular weight is 392 g/mol. The molecule has 1 heterocycles. The number of carbonyl (C=O) groups excluding carboxylic acids is 2. The molecule has 6 nitrogen and oxygen atoms in total. The van der Waals surface area contributed by atoms with Crippen LogP contribution in [0.1, 0.15) is 18.9 Å². The van der Waals surface area contributed by atoms with Crippen LogP contribution in [0.25, 0.3) is 22.1 Å². The number of carbonyl (C=O) groups is 2. The highest BCUT2D eigenvalue weighted by Crippen LogP contribution is 2.24. The molecule has 0 fully saturated rings.